The molecule has 1 aromatic rings. The summed E-state index contributed by atoms with van der Waals surface area (Å²) in [5.74, 6) is 1.18. The van der Waals surface area contributed by atoms with Crippen LogP contribution in [0, 0.1) is 17.3 Å². The molecule has 5 rings (SSSR count). The van der Waals surface area contributed by atoms with Crippen LogP contribution in [0.5, 0.6) is 0 Å². The van der Waals surface area contributed by atoms with E-state index in [1.54, 1.807) is 0 Å². The van der Waals surface area contributed by atoms with Gasteiger partial charge in [-0.25, -0.2) is 4.98 Å². The molecule has 1 aromatic heterocycles. The van der Waals surface area contributed by atoms with Gasteiger partial charge >= 0.3 is 6.18 Å². The van der Waals surface area contributed by atoms with Gasteiger partial charge < -0.3 is 24.6 Å². The monoisotopic (exact) mass is 510 g/mol. The third-order valence-corrected chi connectivity index (χ3v) is 8.74. The number of carbonyl (C=O) groups excluding carboxylic acids is 1. The number of ether oxygens (including phenoxy) is 2. The fraction of sp³-hybridized carbons (Fsp3) is 0.769. The molecule has 4 aliphatic rings. The molecular weight excluding hydrogens is 473 g/mol. The lowest BCUT2D eigenvalue weighted by Crippen LogP contribution is -2.55. The summed E-state index contributed by atoms with van der Waals surface area (Å²) in [6.07, 6.45) is 1.34. The van der Waals surface area contributed by atoms with E-state index in [0.717, 1.165) is 57.5 Å². The van der Waals surface area contributed by atoms with Crippen molar-refractivity contribution in [1.82, 2.24) is 15.2 Å². The first-order chi connectivity index (χ1) is 17.3. The van der Waals surface area contributed by atoms with Crippen molar-refractivity contribution in [3.63, 3.8) is 0 Å². The van der Waals surface area contributed by atoms with E-state index in [9.17, 15) is 18.0 Å². The predicted molar refractivity (Wildman–Crippen MR) is 129 cm³/mol. The van der Waals surface area contributed by atoms with Crippen molar-refractivity contribution in [3.8, 4) is 0 Å². The third kappa shape index (κ3) is 5.22. The second-order valence-electron chi connectivity index (χ2n) is 11.0. The average molecular weight is 511 g/mol. The van der Waals surface area contributed by atoms with Gasteiger partial charge in [-0.1, -0.05) is 6.92 Å². The molecule has 1 aliphatic carbocycles. The van der Waals surface area contributed by atoms with Crippen LogP contribution in [0.1, 0.15) is 44.6 Å². The van der Waals surface area contributed by atoms with Crippen molar-refractivity contribution in [2.45, 2.75) is 57.3 Å². The quantitative estimate of drug-likeness (QED) is 0.656. The maximum Gasteiger partial charge on any atom is 0.416 e. The van der Waals surface area contributed by atoms with Gasteiger partial charge in [0.2, 0.25) is 5.91 Å². The molecule has 0 bridgehead atoms. The van der Waals surface area contributed by atoms with Crippen LogP contribution in [0.2, 0.25) is 0 Å². The highest BCUT2D eigenvalue weighted by Gasteiger charge is 2.53. The molecule has 10 heteroatoms. The summed E-state index contributed by atoms with van der Waals surface area (Å²) in [6.45, 7) is 7.01. The maximum atomic E-state index is 14.1. The minimum absolute atomic E-state index is 0.193. The maximum absolute atomic E-state index is 14.1. The van der Waals surface area contributed by atoms with Crippen molar-refractivity contribution < 1.29 is 27.4 Å². The van der Waals surface area contributed by atoms with Gasteiger partial charge in [0.25, 0.3) is 0 Å². The van der Waals surface area contributed by atoms with E-state index < -0.39 is 17.2 Å². The summed E-state index contributed by atoms with van der Waals surface area (Å²) in [6, 6.07) is 2.80. The Morgan fingerprint density at radius 1 is 1.11 bits per heavy atom. The highest BCUT2D eigenvalue weighted by atomic mass is 19.4. The lowest BCUT2D eigenvalue weighted by Gasteiger charge is -2.42. The molecule has 4 heterocycles. The number of hydrogen-bond donors (Lipinski definition) is 1. The molecule has 1 N–H and O–H groups in total. The first-order valence-electron chi connectivity index (χ1n) is 13.3. The number of nitrogens with one attached hydrogen (secondary N) is 1. The molecule has 0 aromatic carbocycles. The highest BCUT2D eigenvalue weighted by molar-refractivity contribution is 5.84. The van der Waals surface area contributed by atoms with E-state index in [4.69, 9.17) is 9.47 Å². The number of carbonyl (C=O) groups is 1. The molecule has 200 valence electrons. The fourth-order valence-electron chi connectivity index (χ4n) is 6.58. The van der Waals surface area contributed by atoms with Crippen molar-refractivity contribution >= 4 is 11.7 Å². The van der Waals surface area contributed by atoms with Crippen LogP contribution in [-0.2, 0) is 20.4 Å². The number of piperazine rings is 1. The number of amides is 1. The van der Waals surface area contributed by atoms with Gasteiger partial charge in [0.05, 0.1) is 24.2 Å². The minimum Gasteiger partial charge on any atom is -0.381 e. The van der Waals surface area contributed by atoms with Gasteiger partial charge in [0, 0.05) is 57.7 Å². The van der Waals surface area contributed by atoms with Crippen LogP contribution in [-0.4, -0.2) is 80.5 Å². The van der Waals surface area contributed by atoms with Gasteiger partial charge in [-0.3, -0.25) is 4.79 Å². The number of halogens is 3. The first-order valence-corrected chi connectivity index (χ1v) is 13.3. The number of anilines is 1. The largest absolute Gasteiger partial charge is 0.416 e. The Kier molecular flexibility index (Phi) is 7.47. The summed E-state index contributed by atoms with van der Waals surface area (Å²) in [4.78, 5) is 22.0. The molecule has 36 heavy (non-hydrogen) atoms. The summed E-state index contributed by atoms with van der Waals surface area (Å²) in [5.41, 5.74) is -1.13. The van der Waals surface area contributed by atoms with Gasteiger partial charge in [0.1, 0.15) is 5.82 Å². The van der Waals surface area contributed by atoms with Gasteiger partial charge in [0.15, 0.2) is 0 Å². The molecule has 7 nitrogen and oxygen atoms in total. The molecule has 3 aliphatic heterocycles. The van der Waals surface area contributed by atoms with Crippen LogP contribution in [0.4, 0.5) is 19.0 Å². The second-order valence-corrected chi connectivity index (χ2v) is 11.0. The lowest BCUT2D eigenvalue weighted by molar-refractivity contribution is -0.146. The first kappa shape index (κ1) is 25.7. The zero-order valence-corrected chi connectivity index (χ0v) is 20.9. The van der Waals surface area contributed by atoms with E-state index in [2.05, 4.69) is 17.2 Å². The van der Waals surface area contributed by atoms with E-state index in [1.165, 1.54) is 6.20 Å². The molecule has 1 saturated carbocycles. The number of pyridine rings is 1. The Labute approximate surface area is 210 Å². The number of nitrogens with zero attached hydrogens (tertiary/aromatic N) is 3. The smallest absolute Gasteiger partial charge is 0.381 e. The topological polar surface area (TPSA) is 66.9 Å². The Hall–Kier alpha value is -1.91. The van der Waals surface area contributed by atoms with Crippen LogP contribution in [0.3, 0.4) is 0 Å². The van der Waals surface area contributed by atoms with Gasteiger partial charge in [-0.2, -0.15) is 13.2 Å². The number of rotatable bonds is 5. The highest BCUT2D eigenvalue weighted by Crippen LogP contribution is 2.49. The molecule has 1 unspecified atom stereocenters. The normalized spacial score (nSPS) is 33.8. The van der Waals surface area contributed by atoms with Gasteiger partial charge in [-0.05, 0) is 56.1 Å². The average Bonchev–Trinajstić information content (AvgIpc) is 3.56. The van der Waals surface area contributed by atoms with Crippen molar-refractivity contribution in [2.24, 2.45) is 17.3 Å². The third-order valence-electron chi connectivity index (χ3n) is 8.74. The van der Waals surface area contributed by atoms with E-state index >= 15 is 0 Å². The summed E-state index contributed by atoms with van der Waals surface area (Å²) in [5, 5.41) is 3.85. The molecule has 0 radical (unpaired) electrons. The van der Waals surface area contributed by atoms with E-state index in [1.807, 2.05) is 9.80 Å². The molecular formula is C26H37F3N4O3. The standard InChI is InChI=1S/C26H37F3N4O3/c1-18-16-35-13-5-22(18)31-21-2-6-25(15-21,20-4-12-36-17-20)24(34)33-10-8-32(9-11-33)23-14-19(3-7-30-23)26(27,28)29/h3,7,14,18,20-22,31H,2,4-6,8-13,15-17H2,1H3/t18?,20-,21+,22+,25-/m0/s1. The number of hydrogen-bond acceptors (Lipinski definition) is 6. The van der Waals surface area contributed by atoms with E-state index in [-0.39, 0.29) is 11.8 Å². The minimum atomic E-state index is -4.40. The van der Waals surface area contributed by atoms with E-state index in [0.29, 0.717) is 63.2 Å². The van der Waals surface area contributed by atoms with Crippen LogP contribution < -0.4 is 10.2 Å². The fourth-order valence-corrected chi connectivity index (χ4v) is 6.58. The number of aromatic nitrogens is 1. The summed E-state index contributed by atoms with van der Waals surface area (Å²) in [7, 11) is 0. The SMILES string of the molecule is CC1COCC[C@H]1N[C@@H]1CC[C@@](C(=O)N2CCN(c3cc(C(F)(F)F)ccn3)CC2)([C@H]2CCOC2)C1. The zero-order chi connectivity index (χ0) is 25.3. The van der Waals surface area contributed by atoms with Crippen molar-refractivity contribution in [2.75, 3.05) is 57.5 Å². The van der Waals surface area contributed by atoms with Crippen LogP contribution >= 0.6 is 0 Å². The second kappa shape index (κ2) is 10.5. The number of alkyl halides is 3. The summed E-state index contributed by atoms with van der Waals surface area (Å²) >= 11 is 0. The Morgan fingerprint density at radius 2 is 1.86 bits per heavy atom. The Balaban J connectivity index is 1.25. The zero-order valence-electron chi connectivity index (χ0n) is 20.9. The lowest BCUT2D eigenvalue weighted by atomic mass is 9.71. The Bertz CT molecular complexity index is 918. The van der Waals surface area contributed by atoms with Crippen molar-refractivity contribution in [1.29, 1.82) is 0 Å². The Morgan fingerprint density at radius 3 is 2.56 bits per heavy atom. The molecule has 5 atom stereocenters. The van der Waals surface area contributed by atoms with Crippen LogP contribution in [0.25, 0.3) is 0 Å². The van der Waals surface area contributed by atoms with Crippen LogP contribution in [0.15, 0.2) is 18.3 Å². The molecule has 1 amide bonds. The van der Waals surface area contributed by atoms with Crippen molar-refractivity contribution in [3.05, 3.63) is 23.9 Å². The molecule has 3 saturated heterocycles. The predicted octanol–water partition coefficient (Wildman–Crippen LogP) is 3.34. The molecule has 0 spiro atoms. The van der Waals surface area contributed by atoms with Gasteiger partial charge in [-0.15, -0.1) is 0 Å². The molecule has 4 fully saturated rings. The summed E-state index contributed by atoms with van der Waals surface area (Å²) < 4.78 is 50.8.